The van der Waals surface area contributed by atoms with Gasteiger partial charge in [-0.1, -0.05) is 12.1 Å². The van der Waals surface area contributed by atoms with Crippen molar-refractivity contribution in [3.05, 3.63) is 60.9 Å². The van der Waals surface area contributed by atoms with E-state index in [0.717, 1.165) is 17.0 Å². The normalized spacial score (nSPS) is 11.9. The van der Waals surface area contributed by atoms with Crippen molar-refractivity contribution in [3.8, 4) is 11.4 Å². The number of hydrogen-bond acceptors (Lipinski definition) is 4. The van der Waals surface area contributed by atoms with E-state index < -0.39 is 0 Å². The molecule has 0 bridgehead atoms. The lowest BCUT2D eigenvalue weighted by Gasteiger charge is -2.12. The average molecular weight is 325 g/mol. The van der Waals surface area contributed by atoms with Gasteiger partial charge in [0.1, 0.15) is 18.0 Å². The van der Waals surface area contributed by atoms with Gasteiger partial charge in [0.15, 0.2) is 0 Å². The minimum atomic E-state index is -0.149. The van der Waals surface area contributed by atoms with E-state index in [4.69, 9.17) is 4.74 Å². The number of methoxy groups -OCH3 is 1. The van der Waals surface area contributed by atoms with Gasteiger partial charge in [-0.2, -0.15) is 5.10 Å². The van der Waals surface area contributed by atoms with Crippen molar-refractivity contribution >= 4 is 5.91 Å². The van der Waals surface area contributed by atoms with Crippen LogP contribution in [0, 0.1) is 0 Å². The molecule has 0 saturated carbocycles. The van der Waals surface area contributed by atoms with Crippen molar-refractivity contribution in [1.82, 2.24) is 24.6 Å². The predicted molar refractivity (Wildman–Crippen MR) is 88.9 cm³/mol. The standard InChI is InChI=1S/C17H19N5O2/c1-13(20-17(23)11-21-8-7-18-12-21)14-9-19-22(10-14)15-5-3-4-6-16(15)24-2/h3-10,12-13H,11H2,1-2H3,(H,20,23). The zero-order chi connectivity index (χ0) is 16.9. The molecule has 1 aromatic carbocycles. The van der Waals surface area contributed by atoms with Gasteiger partial charge in [0, 0.05) is 24.2 Å². The molecule has 2 aromatic heterocycles. The van der Waals surface area contributed by atoms with Crippen LogP contribution in [0.1, 0.15) is 18.5 Å². The minimum Gasteiger partial charge on any atom is -0.494 e. The Morgan fingerprint density at radius 3 is 2.96 bits per heavy atom. The van der Waals surface area contributed by atoms with Gasteiger partial charge >= 0.3 is 0 Å². The van der Waals surface area contributed by atoms with E-state index in [9.17, 15) is 4.79 Å². The molecule has 1 amide bonds. The number of rotatable bonds is 6. The Kier molecular flexibility index (Phi) is 4.60. The molecule has 2 heterocycles. The monoisotopic (exact) mass is 325 g/mol. The Morgan fingerprint density at radius 1 is 1.38 bits per heavy atom. The van der Waals surface area contributed by atoms with Gasteiger partial charge in [0.25, 0.3) is 0 Å². The van der Waals surface area contributed by atoms with Crippen molar-refractivity contribution < 1.29 is 9.53 Å². The van der Waals surface area contributed by atoms with Crippen LogP contribution in [0.5, 0.6) is 5.75 Å². The lowest BCUT2D eigenvalue weighted by atomic mass is 10.2. The maximum absolute atomic E-state index is 12.1. The molecule has 1 N–H and O–H groups in total. The summed E-state index contributed by atoms with van der Waals surface area (Å²) in [6, 6.07) is 7.50. The van der Waals surface area contributed by atoms with E-state index in [2.05, 4.69) is 15.4 Å². The van der Waals surface area contributed by atoms with Crippen LogP contribution in [0.4, 0.5) is 0 Å². The number of nitrogens with one attached hydrogen (secondary N) is 1. The first-order valence-corrected chi connectivity index (χ1v) is 7.60. The molecule has 7 heteroatoms. The van der Waals surface area contributed by atoms with Gasteiger partial charge in [0.05, 0.1) is 25.7 Å². The smallest absolute Gasteiger partial charge is 0.240 e. The van der Waals surface area contributed by atoms with Crippen LogP contribution in [0.2, 0.25) is 0 Å². The van der Waals surface area contributed by atoms with Gasteiger partial charge in [-0.15, -0.1) is 0 Å². The molecule has 0 saturated heterocycles. The molecule has 0 spiro atoms. The molecular formula is C17H19N5O2. The number of amides is 1. The number of ether oxygens (including phenoxy) is 1. The first-order chi connectivity index (χ1) is 11.7. The summed E-state index contributed by atoms with van der Waals surface area (Å²) in [4.78, 5) is 16.0. The number of aromatic nitrogens is 4. The van der Waals surface area contributed by atoms with E-state index >= 15 is 0 Å². The highest BCUT2D eigenvalue weighted by Gasteiger charge is 2.13. The minimum absolute atomic E-state index is 0.0782. The Labute approximate surface area is 139 Å². The predicted octanol–water partition coefficient (Wildman–Crippen LogP) is 1.95. The maximum atomic E-state index is 12.1. The van der Waals surface area contributed by atoms with Crippen molar-refractivity contribution in [1.29, 1.82) is 0 Å². The van der Waals surface area contributed by atoms with Gasteiger partial charge < -0.3 is 14.6 Å². The van der Waals surface area contributed by atoms with E-state index in [1.54, 1.807) is 41.3 Å². The summed E-state index contributed by atoms with van der Waals surface area (Å²) in [7, 11) is 1.63. The number of hydrogen-bond donors (Lipinski definition) is 1. The van der Waals surface area contributed by atoms with Crippen LogP contribution in [-0.2, 0) is 11.3 Å². The van der Waals surface area contributed by atoms with Crippen molar-refractivity contribution in [2.24, 2.45) is 0 Å². The van der Waals surface area contributed by atoms with Gasteiger partial charge in [0.2, 0.25) is 5.91 Å². The molecule has 0 radical (unpaired) electrons. The third kappa shape index (κ3) is 3.45. The fourth-order valence-electron chi connectivity index (χ4n) is 2.43. The lowest BCUT2D eigenvalue weighted by Crippen LogP contribution is -2.29. The second kappa shape index (κ2) is 6.99. The number of imidazole rings is 1. The molecule has 0 fully saturated rings. The summed E-state index contributed by atoms with van der Waals surface area (Å²) in [5.74, 6) is 0.662. The topological polar surface area (TPSA) is 74.0 Å². The lowest BCUT2D eigenvalue weighted by molar-refractivity contribution is -0.122. The highest BCUT2D eigenvalue weighted by molar-refractivity contribution is 5.76. The van der Waals surface area contributed by atoms with Gasteiger partial charge in [-0.3, -0.25) is 4.79 Å². The van der Waals surface area contributed by atoms with Gasteiger partial charge in [-0.25, -0.2) is 9.67 Å². The van der Waals surface area contributed by atoms with E-state index in [0.29, 0.717) is 0 Å². The van der Waals surface area contributed by atoms with Crippen molar-refractivity contribution in [2.75, 3.05) is 7.11 Å². The molecule has 124 valence electrons. The Morgan fingerprint density at radius 2 is 2.21 bits per heavy atom. The number of benzene rings is 1. The molecule has 7 nitrogen and oxygen atoms in total. The zero-order valence-corrected chi connectivity index (χ0v) is 13.6. The van der Waals surface area contributed by atoms with Crippen LogP contribution in [0.15, 0.2) is 55.4 Å². The van der Waals surface area contributed by atoms with Gasteiger partial charge in [-0.05, 0) is 19.1 Å². The summed E-state index contributed by atoms with van der Waals surface area (Å²) in [5, 5.41) is 7.33. The number of carbonyl (C=O) groups is 1. The molecule has 1 unspecified atom stereocenters. The SMILES string of the molecule is COc1ccccc1-n1cc(C(C)NC(=O)Cn2ccnc2)cn1. The Bertz CT molecular complexity index is 810. The highest BCUT2D eigenvalue weighted by atomic mass is 16.5. The summed E-state index contributed by atoms with van der Waals surface area (Å²) in [6.07, 6.45) is 8.65. The van der Waals surface area contributed by atoms with E-state index in [1.165, 1.54) is 0 Å². The molecule has 1 atom stereocenters. The highest BCUT2D eigenvalue weighted by Crippen LogP contribution is 2.22. The summed E-state index contributed by atoms with van der Waals surface area (Å²) in [6.45, 7) is 2.17. The average Bonchev–Trinajstić information content (AvgIpc) is 3.26. The summed E-state index contributed by atoms with van der Waals surface area (Å²) < 4.78 is 8.82. The first kappa shape index (κ1) is 15.8. The summed E-state index contributed by atoms with van der Waals surface area (Å²) in [5.41, 5.74) is 1.77. The van der Waals surface area contributed by atoms with Crippen LogP contribution < -0.4 is 10.1 Å². The second-order valence-electron chi connectivity index (χ2n) is 5.41. The third-order valence-corrected chi connectivity index (χ3v) is 3.70. The van der Waals surface area contributed by atoms with Crippen LogP contribution >= 0.6 is 0 Å². The number of para-hydroxylation sites is 2. The number of carbonyl (C=O) groups excluding carboxylic acids is 1. The van der Waals surface area contributed by atoms with Crippen molar-refractivity contribution in [3.63, 3.8) is 0 Å². The van der Waals surface area contributed by atoms with Crippen LogP contribution in [-0.4, -0.2) is 32.3 Å². The fourth-order valence-corrected chi connectivity index (χ4v) is 2.43. The van der Waals surface area contributed by atoms with Crippen molar-refractivity contribution in [2.45, 2.75) is 19.5 Å². The molecule has 0 aliphatic heterocycles. The fraction of sp³-hybridized carbons (Fsp3) is 0.235. The third-order valence-electron chi connectivity index (χ3n) is 3.70. The van der Waals surface area contributed by atoms with E-state index in [1.807, 2.05) is 37.4 Å². The Balaban J connectivity index is 1.69. The number of nitrogens with zero attached hydrogens (tertiary/aromatic N) is 4. The maximum Gasteiger partial charge on any atom is 0.240 e. The molecular weight excluding hydrogens is 306 g/mol. The first-order valence-electron chi connectivity index (χ1n) is 7.60. The molecule has 24 heavy (non-hydrogen) atoms. The quantitative estimate of drug-likeness (QED) is 0.752. The molecule has 0 aliphatic rings. The van der Waals surface area contributed by atoms with E-state index in [-0.39, 0.29) is 18.5 Å². The van der Waals surface area contributed by atoms with Crippen LogP contribution in [0.3, 0.4) is 0 Å². The second-order valence-corrected chi connectivity index (χ2v) is 5.41. The largest absolute Gasteiger partial charge is 0.494 e. The molecule has 0 aliphatic carbocycles. The van der Waals surface area contributed by atoms with Crippen LogP contribution in [0.25, 0.3) is 5.69 Å². The summed E-state index contributed by atoms with van der Waals surface area (Å²) >= 11 is 0. The molecule has 3 rings (SSSR count). The Hall–Kier alpha value is -3.09. The molecule has 3 aromatic rings. The zero-order valence-electron chi connectivity index (χ0n) is 13.6.